The summed E-state index contributed by atoms with van der Waals surface area (Å²) >= 11 is 0. The zero-order valence-electron chi connectivity index (χ0n) is 23.0. The fraction of sp³-hybridized carbons (Fsp3) is 0.357. The van der Waals surface area contributed by atoms with Gasteiger partial charge in [-0.2, -0.15) is 8.42 Å². The molecule has 4 heterocycles. The fourth-order valence-corrected chi connectivity index (χ4v) is 5.36. The number of phenolic OH excluding ortho intramolecular Hbond substituents is 2. The van der Waals surface area contributed by atoms with Gasteiger partial charge in [0.15, 0.2) is 0 Å². The Morgan fingerprint density at radius 3 is 1.37 bits per heavy atom. The van der Waals surface area contributed by atoms with E-state index in [4.69, 9.17) is 26.4 Å². The first-order valence-electron chi connectivity index (χ1n) is 12.9. The van der Waals surface area contributed by atoms with Gasteiger partial charge in [-0.05, 0) is 88.0 Å². The van der Waals surface area contributed by atoms with Crippen LogP contribution in [-0.4, -0.2) is 40.8 Å². The van der Waals surface area contributed by atoms with Crippen LogP contribution in [0.4, 0.5) is 0 Å². The minimum Gasteiger partial charge on any atom is -0.508 e. The van der Waals surface area contributed by atoms with Crippen molar-refractivity contribution in [2.45, 2.75) is 53.6 Å². The lowest BCUT2D eigenvalue weighted by Gasteiger charge is -2.19. The molecule has 0 saturated heterocycles. The van der Waals surface area contributed by atoms with Gasteiger partial charge < -0.3 is 29.7 Å². The first-order valence-corrected chi connectivity index (χ1v) is 14.3. The molecule has 0 atom stereocenters. The summed E-state index contributed by atoms with van der Waals surface area (Å²) < 4.78 is 42.4. The molecule has 13 heteroatoms. The molecular weight excluding hydrogens is 556 g/mol. The standard InChI is InChI=1S/2C14H15NO3.H2O4S/c2*1-7-5-11(16)8(2)13-12(7)9-3-4-15-6-10(9)14(17)18-13;1-5(2,3)4/h2*5,15-16H,3-4,6H2,1-2H3;(H2,1,2,3,4). The summed E-state index contributed by atoms with van der Waals surface area (Å²) in [5.41, 5.74) is 7.23. The maximum Gasteiger partial charge on any atom is 0.394 e. The van der Waals surface area contributed by atoms with Gasteiger partial charge >= 0.3 is 21.7 Å². The van der Waals surface area contributed by atoms with Crippen molar-refractivity contribution < 1.29 is 36.6 Å². The van der Waals surface area contributed by atoms with E-state index >= 15 is 0 Å². The van der Waals surface area contributed by atoms with Crippen LogP contribution in [-0.2, 0) is 36.3 Å². The fourth-order valence-electron chi connectivity index (χ4n) is 5.36. The molecule has 41 heavy (non-hydrogen) atoms. The molecule has 0 amide bonds. The molecule has 2 aromatic heterocycles. The first kappa shape index (κ1) is 30.2. The van der Waals surface area contributed by atoms with E-state index in [-0.39, 0.29) is 22.8 Å². The van der Waals surface area contributed by atoms with E-state index in [1.807, 2.05) is 13.8 Å². The maximum atomic E-state index is 12.0. The lowest BCUT2D eigenvalue weighted by Crippen LogP contribution is -2.29. The highest BCUT2D eigenvalue weighted by molar-refractivity contribution is 7.79. The highest BCUT2D eigenvalue weighted by atomic mass is 32.3. The zero-order valence-corrected chi connectivity index (χ0v) is 23.9. The molecule has 0 saturated carbocycles. The Hall–Kier alpha value is -3.75. The zero-order chi connectivity index (χ0) is 30.2. The summed E-state index contributed by atoms with van der Waals surface area (Å²) in [6, 6.07) is 3.47. The third kappa shape index (κ3) is 6.29. The van der Waals surface area contributed by atoms with Gasteiger partial charge in [-0.25, -0.2) is 9.59 Å². The molecule has 0 bridgehead atoms. The molecule has 0 aliphatic carbocycles. The Morgan fingerprint density at radius 1 is 0.683 bits per heavy atom. The van der Waals surface area contributed by atoms with Crippen LogP contribution in [0.15, 0.2) is 30.6 Å². The molecule has 4 aromatic rings. The topological polar surface area (TPSA) is 200 Å². The number of aryl methyl sites for hydroxylation is 4. The van der Waals surface area contributed by atoms with E-state index in [9.17, 15) is 19.8 Å². The lowest BCUT2D eigenvalue weighted by atomic mass is 9.94. The Morgan fingerprint density at radius 2 is 1.02 bits per heavy atom. The number of aromatic hydroxyl groups is 2. The van der Waals surface area contributed by atoms with Gasteiger partial charge in [0.2, 0.25) is 0 Å². The smallest absolute Gasteiger partial charge is 0.394 e. The van der Waals surface area contributed by atoms with Crippen LogP contribution < -0.4 is 21.9 Å². The summed E-state index contributed by atoms with van der Waals surface area (Å²) in [6.45, 7) is 10.3. The third-order valence-electron chi connectivity index (χ3n) is 7.32. The predicted molar refractivity (Wildman–Crippen MR) is 152 cm³/mol. The van der Waals surface area contributed by atoms with Gasteiger partial charge in [-0.3, -0.25) is 9.11 Å². The minimum absolute atomic E-state index is 0.178. The van der Waals surface area contributed by atoms with Crippen LogP contribution >= 0.6 is 0 Å². The predicted octanol–water partition coefficient (Wildman–Crippen LogP) is 2.87. The van der Waals surface area contributed by atoms with E-state index in [0.717, 1.165) is 70.1 Å². The molecule has 0 radical (unpaired) electrons. The summed E-state index contributed by atoms with van der Waals surface area (Å²) in [5.74, 6) is 0.356. The van der Waals surface area contributed by atoms with Gasteiger partial charge in [0.1, 0.15) is 22.7 Å². The Balaban J connectivity index is 0.000000163. The molecular formula is C28H32N2O10S. The van der Waals surface area contributed by atoms with Crippen LogP contribution in [0, 0.1) is 27.7 Å². The number of rotatable bonds is 0. The maximum absolute atomic E-state index is 12.0. The van der Waals surface area contributed by atoms with Crippen molar-refractivity contribution in [3.63, 3.8) is 0 Å². The van der Waals surface area contributed by atoms with Crippen molar-refractivity contribution in [2.75, 3.05) is 13.1 Å². The van der Waals surface area contributed by atoms with Crippen molar-refractivity contribution in [3.8, 4) is 11.5 Å². The van der Waals surface area contributed by atoms with Crippen molar-refractivity contribution in [2.24, 2.45) is 0 Å². The van der Waals surface area contributed by atoms with Crippen LogP contribution in [0.5, 0.6) is 11.5 Å². The highest BCUT2D eigenvalue weighted by Gasteiger charge is 2.22. The SMILES string of the molecule is Cc1c(O)cc(C)c2c3c(c(=O)oc12)CNCC3.Cc1c(O)cc(C)c2c3c(c(=O)oc12)CNCC3.O=S(=O)(O)O. The van der Waals surface area contributed by atoms with Crippen molar-refractivity contribution >= 4 is 32.3 Å². The molecule has 220 valence electrons. The normalized spacial score (nSPS) is 14.4. The van der Waals surface area contributed by atoms with E-state index in [0.29, 0.717) is 35.4 Å². The summed E-state index contributed by atoms with van der Waals surface area (Å²) in [4.78, 5) is 23.9. The van der Waals surface area contributed by atoms with Gasteiger partial charge in [-0.1, -0.05) is 0 Å². The molecule has 0 unspecified atom stereocenters. The van der Waals surface area contributed by atoms with Crippen LogP contribution in [0.25, 0.3) is 21.9 Å². The second-order valence-corrected chi connectivity index (χ2v) is 11.0. The number of phenols is 2. The first-order chi connectivity index (χ1) is 19.2. The molecule has 2 aliphatic rings. The number of fused-ring (bicyclic) bond motifs is 6. The van der Waals surface area contributed by atoms with E-state index < -0.39 is 10.4 Å². The molecule has 6 N–H and O–H groups in total. The van der Waals surface area contributed by atoms with Crippen molar-refractivity contribution in [1.29, 1.82) is 0 Å². The highest BCUT2D eigenvalue weighted by Crippen LogP contribution is 2.34. The summed E-state index contributed by atoms with van der Waals surface area (Å²) in [6.07, 6.45) is 1.64. The van der Waals surface area contributed by atoms with Gasteiger partial charge in [-0.15, -0.1) is 0 Å². The Bertz CT molecular complexity index is 1760. The van der Waals surface area contributed by atoms with E-state index in [1.165, 1.54) is 0 Å². The van der Waals surface area contributed by atoms with Crippen molar-refractivity contribution in [1.82, 2.24) is 10.6 Å². The average Bonchev–Trinajstić information content (AvgIpc) is 2.90. The Labute approximate surface area is 235 Å². The monoisotopic (exact) mass is 588 g/mol. The van der Waals surface area contributed by atoms with Gasteiger partial charge in [0, 0.05) is 35.0 Å². The molecule has 2 aliphatic heterocycles. The molecule has 0 fully saturated rings. The van der Waals surface area contributed by atoms with Gasteiger partial charge in [0.05, 0.1) is 11.1 Å². The minimum atomic E-state index is -4.67. The second kappa shape index (κ2) is 11.6. The molecule has 6 rings (SSSR count). The Kier molecular flexibility index (Phi) is 8.57. The number of hydrogen-bond donors (Lipinski definition) is 6. The average molecular weight is 589 g/mol. The van der Waals surface area contributed by atoms with Crippen LogP contribution in [0.1, 0.15) is 44.5 Å². The number of nitrogens with one attached hydrogen (secondary N) is 2. The van der Waals surface area contributed by atoms with E-state index in [2.05, 4.69) is 10.6 Å². The van der Waals surface area contributed by atoms with Crippen molar-refractivity contribution in [3.05, 3.63) is 77.5 Å². The molecule has 0 spiro atoms. The number of benzene rings is 2. The largest absolute Gasteiger partial charge is 0.508 e. The number of hydrogen-bond acceptors (Lipinski definition) is 10. The van der Waals surface area contributed by atoms with Gasteiger partial charge in [0.25, 0.3) is 0 Å². The third-order valence-corrected chi connectivity index (χ3v) is 7.32. The molecule has 12 nitrogen and oxygen atoms in total. The molecule has 2 aromatic carbocycles. The van der Waals surface area contributed by atoms with Crippen LogP contribution in [0.2, 0.25) is 0 Å². The lowest BCUT2D eigenvalue weighted by molar-refractivity contribution is 0.381. The van der Waals surface area contributed by atoms with E-state index in [1.54, 1.807) is 26.0 Å². The summed E-state index contributed by atoms with van der Waals surface area (Å²) in [5, 5.41) is 28.0. The van der Waals surface area contributed by atoms with Crippen LogP contribution in [0.3, 0.4) is 0 Å². The second-order valence-electron chi connectivity index (χ2n) is 10.1. The quantitative estimate of drug-likeness (QED) is 0.130. The summed E-state index contributed by atoms with van der Waals surface area (Å²) in [7, 11) is -4.67.